The van der Waals surface area contributed by atoms with Crippen LogP contribution >= 0.6 is 11.8 Å². The number of fused-ring (bicyclic) bond motifs is 1. The van der Waals surface area contributed by atoms with Crippen LogP contribution < -0.4 is 10.1 Å². The van der Waals surface area contributed by atoms with Gasteiger partial charge in [0.05, 0.1) is 23.3 Å². The van der Waals surface area contributed by atoms with Gasteiger partial charge in [-0.1, -0.05) is 18.2 Å². The Labute approximate surface area is 139 Å². The smallest absolute Gasteiger partial charge is 0.235 e. The molecule has 4 rings (SSSR count). The number of aromatic nitrogens is 2. The van der Waals surface area contributed by atoms with E-state index in [1.54, 1.807) is 18.0 Å². The molecule has 1 aromatic carbocycles. The van der Waals surface area contributed by atoms with Crippen LogP contribution in [0.3, 0.4) is 0 Å². The van der Waals surface area contributed by atoms with E-state index in [1.807, 2.05) is 18.2 Å². The van der Waals surface area contributed by atoms with Gasteiger partial charge in [0.15, 0.2) is 0 Å². The predicted molar refractivity (Wildman–Crippen MR) is 90.8 cm³/mol. The number of thioether (sulfide) groups is 1. The highest BCUT2D eigenvalue weighted by molar-refractivity contribution is 8.00. The standard InChI is InChI=1S/C17H19N3O2S/c21-15-10-23-16(13-9-18-20-17(13)19-15)12-7-3-4-8-14(12)22-11-5-1-2-6-11/h3-4,7-9,11,16H,1-2,5-6,10H2,(H2,18,19,20,21). The van der Waals surface area contributed by atoms with E-state index in [2.05, 4.69) is 21.6 Å². The second-order valence-corrected chi connectivity index (χ2v) is 7.10. The third kappa shape index (κ3) is 2.95. The minimum atomic E-state index is -0.00260. The molecule has 5 nitrogen and oxygen atoms in total. The molecule has 1 saturated carbocycles. The van der Waals surface area contributed by atoms with Gasteiger partial charge in [0.25, 0.3) is 0 Å². The summed E-state index contributed by atoms with van der Waals surface area (Å²) in [4.78, 5) is 11.9. The summed E-state index contributed by atoms with van der Waals surface area (Å²) in [6.45, 7) is 0. The Balaban J connectivity index is 1.69. The zero-order valence-corrected chi connectivity index (χ0v) is 13.6. The normalized spacial score (nSPS) is 21.6. The molecule has 2 aromatic rings. The average molecular weight is 329 g/mol. The van der Waals surface area contributed by atoms with Crippen molar-refractivity contribution in [3.63, 3.8) is 0 Å². The molecule has 1 atom stereocenters. The Hall–Kier alpha value is -1.95. The topological polar surface area (TPSA) is 67.0 Å². The number of rotatable bonds is 3. The van der Waals surface area contributed by atoms with E-state index in [4.69, 9.17) is 4.74 Å². The van der Waals surface area contributed by atoms with Gasteiger partial charge < -0.3 is 10.1 Å². The highest BCUT2D eigenvalue weighted by Crippen LogP contribution is 2.44. The van der Waals surface area contributed by atoms with Crippen LogP contribution in [0.2, 0.25) is 0 Å². The molecule has 2 N–H and O–H groups in total. The third-order valence-electron chi connectivity index (χ3n) is 4.39. The van der Waals surface area contributed by atoms with Gasteiger partial charge in [-0.05, 0) is 31.7 Å². The summed E-state index contributed by atoms with van der Waals surface area (Å²) < 4.78 is 6.27. The number of hydrogen-bond donors (Lipinski definition) is 2. The fourth-order valence-corrected chi connectivity index (χ4v) is 4.39. The van der Waals surface area contributed by atoms with E-state index in [0.29, 0.717) is 17.7 Å². The Morgan fingerprint density at radius 3 is 2.87 bits per heavy atom. The molecule has 1 aromatic heterocycles. The summed E-state index contributed by atoms with van der Waals surface area (Å²) in [6, 6.07) is 8.16. The zero-order valence-electron chi connectivity index (χ0n) is 12.7. The van der Waals surface area contributed by atoms with Crippen molar-refractivity contribution in [2.75, 3.05) is 11.1 Å². The van der Waals surface area contributed by atoms with E-state index in [-0.39, 0.29) is 11.2 Å². The van der Waals surface area contributed by atoms with Crippen LogP contribution in [0.15, 0.2) is 30.5 Å². The van der Waals surface area contributed by atoms with Crippen LogP contribution in [0.4, 0.5) is 5.82 Å². The van der Waals surface area contributed by atoms with Gasteiger partial charge in [0.1, 0.15) is 11.6 Å². The van der Waals surface area contributed by atoms with Crippen molar-refractivity contribution >= 4 is 23.5 Å². The monoisotopic (exact) mass is 329 g/mol. The van der Waals surface area contributed by atoms with Gasteiger partial charge in [-0.2, -0.15) is 5.10 Å². The Kier molecular flexibility index (Phi) is 3.99. The zero-order chi connectivity index (χ0) is 15.6. The van der Waals surface area contributed by atoms with Crippen molar-refractivity contribution in [1.29, 1.82) is 0 Å². The van der Waals surface area contributed by atoms with Gasteiger partial charge in [-0.15, -0.1) is 11.8 Å². The summed E-state index contributed by atoms with van der Waals surface area (Å²) in [6.07, 6.45) is 6.86. The van der Waals surface area contributed by atoms with E-state index in [9.17, 15) is 4.79 Å². The van der Waals surface area contributed by atoms with E-state index < -0.39 is 0 Å². The summed E-state index contributed by atoms with van der Waals surface area (Å²) in [7, 11) is 0. The number of hydrogen-bond acceptors (Lipinski definition) is 4. The minimum Gasteiger partial charge on any atom is -0.490 e. The molecule has 2 aliphatic rings. The highest BCUT2D eigenvalue weighted by atomic mass is 32.2. The first-order valence-electron chi connectivity index (χ1n) is 8.01. The molecular formula is C17H19N3O2S. The molecule has 1 amide bonds. The van der Waals surface area contributed by atoms with Crippen molar-refractivity contribution in [3.8, 4) is 5.75 Å². The van der Waals surface area contributed by atoms with Crippen molar-refractivity contribution in [1.82, 2.24) is 10.2 Å². The molecule has 0 radical (unpaired) electrons. The molecule has 0 bridgehead atoms. The minimum absolute atomic E-state index is 0.00260. The van der Waals surface area contributed by atoms with Crippen molar-refractivity contribution in [2.24, 2.45) is 0 Å². The van der Waals surface area contributed by atoms with Crippen LogP contribution in [0.5, 0.6) is 5.75 Å². The first kappa shape index (κ1) is 14.6. The number of H-pyrrole nitrogens is 1. The number of aromatic amines is 1. The van der Waals surface area contributed by atoms with Gasteiger partial charge in [0, 0.05) is 11.1 Å². The Bertz CT molecular complexity index is 709. The largest absolute Gasteiger partial charge is 0.490 e. The number of carbonyl (C=O) groups excluding carboxylic acids is 1. The first-order chi connectivity index (χ1) is 11.3. The quantitative estimate of drug-likeness (QED) is 0.904. The molecule has 0 spiro atoms. The number of amides is 1. The highest BCUT2D eigenvalue weighted by Gasteiger charge is 2.28. The second kappa shape index (κ2) is 6.28. The lowest BCUT2D eigenvalue weighted by molar-refractivity contribution is -0.113. The van der Waals surface area contributed by atoms with Gasteiger partial charge in [-0.3, -0.25) is 9.89 Å². The van der Waals surface area contributed by atoms with Crippen LogP contribution in [0.25, 0.3) is 0 Å². The summed E-state index contributed by atoms with van der Waals surface area (Å²) in [5.74, 6) is 2.04. The SMILES string of the molecule is O=C1CSC(c2ccccc2OC2CCCC2)c2cn[nH]c2N1. The fourth-order valence-electron chi connectivity index (χ4n) is 3.27. The molecule has 0 saturated heterocycles. The Morgan fingerprint density at radius 1 is 1.17 bits per heavy atom. The Morgan fingerprint density at radius 2 is 2.00 bits per heavy atom. The van der Waals surface area contributed by atoms with Gasteiger partial charge >= 0.3 is 0 Å². The fraction of sp³-hybridized carbons (Fsp3) is 0.412. The lowest BCUT2D eigenvalue weighted by Gasteiger charge is -2.21. The summed E-state index contributed by atoms with van der Waals surface area (Å²) in [5, 5.41) is 9.90. The molecule has 2 heterocycles. The van der Waals surface area contributed by atoms with E-state index >= 15 is 0 Å². The summed E-state index contributed by atoms with van der Waals surface area (Å²) in [5.41, 5.74) is 2.12. The van der Waals surface area contributed by atoms with Crippen LogP contribution in [0.1, 0.15) is 42.1 Å². The van der Waals surface area contributed by atoms with Crippen molar-refractivity contribution in [2.45, 2.75) is 37.0 Å². The van der Waals surface area contributed by atoms with Crippen molar-refractivity contribution in [3.05, 3.63) is 41.6 Å². The number of para-hydroxylation sites is 1. The second-order valence-electron chi connectivity index (χ2n) is 6.00. The number of ether oxygens (including phenoxy) is 1. The number of carbonyl (C=O) groups is 1. The molecule has 120 valence electrons. The molecule has 6 heteroatoms. The lowest BCUT2D eigenvalue weighted by atomic mass is 10.1. The maximum Gasteiger partial charge on any atom is 0.235 e. The van der Waals surface area contributed by atoms with Crippen molar-refractivity contribution < 1.29 is 9.53 Å². The van der Waals surface area contributed by atoms with Crippen LogP contribution in [-0.4, -0.2) is 28.0 Å². The molecule has 1 unspecified atom stereocenters. The number of nitrogens with one attached hydrogen (secondary N) is 2. The third-order valence-corrected chi connectivity index (χ3v) is 5.66. The number of benzene rings is 1. The molecule has 23 heavy (non-hydrogen) atoms. The summed E-state index contributed by atoms with van der Waals surface area (Å²) >= 11 is 1.61. The molecule has 1 aliphatic heterocycles. The van der Waals surface area contributed by atoms with E-state index in [1.165, 1.54) is 12.8 Å². The van der Waals surface area contributed by atoms with E-state index in [0.717, 1.165) is 29.7 Å². The van der Waals surface area contributed by atoms with Gasteiger partial charge in [-0.25, -0.2) is 0 Å². The predicted octanol–water partition coefficient (Wildman–Crippen LogP) is 3.51. The molecule has 1 aliphatic carbocycles. The van der Waals surface area contributed by atoms with Crippen LogP contribution in [-0.2, 0) is 4.79 Å². The number of anilines is 1. The molecule has 1 fully saturated rings. The maximum absolute atomic E-state index is 11.9. The molecular weight excluding hydrogens is 310 g/mol. The lowest BCUT2D eigenvalue weighted by Crippen LogP contribution is -2.13. The van der Waals surface area contributed by atoms with Gasteiger partial charge in [0.2, 0.25) is 5.91 Å². The number of nitrogens with zero attached hydrogens (tertiary/aromatic N) is 1. The average Bonchev–Trinajstić information content (AvgIpc) is 3.19. The first-order valence-corrected chi connectivity index (χ1v) is 9.06. The van der Waals surface area contributed by atoms with Crippen LogP contribution in [0, 0.1) is 0 Å². The maximum atomic E-state index is 11.9.